The van der Waals surface area contributed by atoms with Crippen molar-refractivity contribution in [3.05, 3.63) is 28.6 Å². The normalized spacial score (nSPS) is 13.2. The van der Waals surface area contributed by atoms with Crippen molar-refractivity contribution < 1.29 is 9.90 Å². The molecule has 2 N–H and O–H groups in total. The molecule has 1 atom stereocenters. The fourth-order valence-corrected chi connectivity index (χ4v) is 2.45. The van der Waals surface area contributed by atoms with Gasteiger partial charge in [-0.2, -0.15) is 5.26 Å². The summed E-state index contributed by atoms with van der Waals surface area (Å²) in [4.78, 5) is 12.2. The number of rotatable bonds is 7. The number of nitriles is 1. The number of aliphatic hydroxyl groups excluding tert-OH is 1. The average Bonchev–Trinajstić information content (AvgIpc) is 2.76. The molecule has 5 nitrogen and oxygen atoms in total. The largest absolute Gasteiger partial charge is 0.391 e. The quantitative estimate of drug-likeness (QED) is 0.596. The van der Waals surface area contributed by atoms with Gasteiger partial charge in [-0.3, -0.25) is 4.79 Å². The number of nitrogens with zero attached hydrogens (tertiary/aromatic N) is 2. The van der Waals surface area contributed by atoms with E-state index in [-0.39, 0.29) is 18.0 Å². The van der Waals surface area contributed by atoms with Gasteiger partial charge in [0.1, 0.15) is 11.6 Å². The number of hydrogen-bond acceptors (Lipinski definition) is 3. The highest BCUT2D eigenvalue weighted by Gasteiger charge is 2.15. The summed E-state index contributed by atoms with van der Waals surface area (Å²) in [7, 11) is 0. The average molecular weight is 331 g/mol. The molecule has 0 aromatic carbocycles. The van der Waals surface area contributed by atoms with Gasteiger partial charge in [0.05, 0.1) is 6.10 Å². The Kier molecular flexibility index (Phi) is 7.24. The first-order valence-corrected chi connectivity index (χ1v) is 8.42. The van der Waals surface area contributed by atoms with Crippen molar-refractivity contribution in [1.29, 1.82) is 5.26 Å². The van der Waals surface area contributed by atoms with E-state index in [0.717, 1.165) is 23.5 Å². The van der Waals surface area contributed by atoms with Gasteiger partial charge in [-0.25, -0.2) is 0 Å². The smallest absolute Gasteiger partial charge is 0.262 e. The first kappa shape index (κ1) is 20.0. The monoisotopic (exact) mass is 331 g/mol. The van der Waals surface area contributed by atoms with E-state index in [4.69, 9.17) is 0 Å². The molecule has 0 aliphatic rings. The van der Waals surface area contributed by atoms with Crippen LogP contribution in [0.4, 0.5) is 0 Å². The minimum Gasteiger partial charge on any atom is -0.391 e. The molecule has 24 heavy (non-hydrogen) atoms. The van der Waals surface area contributed by atoms with Crippen LogP contribution < -0.4 is 5.32 Å². The van der Waals surface area contributed by atoms with E-state index in [9.17, 15) is 15.2 Å². The third-order valence-corrected chi connectivity index (χ3v) is 4.07. The van der Waals surface area contributed by atoms with Crippen LogP contribution in [0.5, 0.6) is 0 Å². The Labute approximate surface area is 145 Å². The Morgan fingerprint density at radius 3 is 2.50 bits per heavy atom. The summed E-state index contributed by atoms with van der Waals surface area (Å²) >= 11 is 0. The summed E-state index contributed by atoms with van der Waals surface area (Å²) in [6, 6.07) is 3.95. The van der Waals surface area contributed by atoms with Gasteiger partial charge < -0.3 is 15.0 Å². The summed E-state index contributed by atoms with van der Waals surface area (Å²) in [5.74, 6) is 0.114. The van der Waals surface area contributed by atoms with E-state index in [2.05, 4.69) is 23.7 Å². The van der Waals surface area contributed by atoms with Gasteiger partial charge in [-0.1, -0.05) is 27.7 Å². The van der Waals surface area contributed by atoms with Gasteiger partial charge >= 0.3 is 0 Å². The van der Waals surface area contributed by atoms with E-state index >= 15 is 0 Å². The minimum atomic E-state index is -0.620. The van der Waals surface area contributed by atoms with Crippen molar-refractivity contribution in [2.75, 3.05) is 6.54 Å². The fourth-order valence-electron chi connectivity index (χ4n) is 2.45. The van der Waals surface area contributed by atoms with E-state index < -0.39 is 12.0 Å². The highest BCUT2D eigenvalue weighted by Crippen LogP contribution is 2.19. The molecule has 1 rings (SSSR count). The molecule has 1 aromatic heterocycles. The highest BCUT2D eigenvalue weighted by atomic mass is 16.3. The Morgan fingerprint density at radius 1 is 1.38 bits per heavy atom. The molecular formula is C19H29N3O2. The number of carbonyl (C=O) groups excluding carboxylic acids is 1. The molecule has 1 heterocycles. The van der Waals surface area contributed by atoms with Gasteiger partial charge in [0.25, 0.3) is 5.91 Å². The lowest BCUT2D eigenvalue weighted by molar-refractivity contribution is -0.117. The Balaban J connectivity index is 2.97. The van der Waals surface area contributed by atoms with Crippen LogP contribution in [0, 0.1) is 37.0 Å². The summed E-state index contributed by atoms with van der Waals surface area (Å²) in [5.41, 5.74) is 3.09. The summed E-state index contributed by atoms with van der Waals surface area (Å²) in [6.45, 7) is 13.1. The predicted molar refractivity (Wildman–Crippen MR) is 96.2 cm³/mol. The third-order valence-electron chi connectivity index (χ3n) is 4.07. The molecule has 0 saturated heterocycles. The standard InChI is InChI=1S/C19H29N3O2/c1-12(2)11-22-14(5)7-16(15(22)6)8-17(9-20)19(24)21-10-18(23)13(3)4/h7-8,12-13,18,23H,10-11H2,1-6H3,(H,21,24)/b17-8-. The van der Waals surface area contributed by atoms with Crippen molar-refractivity contribution in [2.24, 2.45) is 11.8 Å². The molecular weight excluding hydrogens is 302 g/mol. The van der Waals surface area contributed by atoms with Gasteiger partial charge in [0.2, 0.25) is 0 Å². The maximum atomic E-state index is 12.2. The van der Waals surface area contributed by atoms with Crippen LogP contribution in [0.3, 0.4) is 0 Å². The summed E-state index contributed by atoms with van der Waals surface area (Å²) in [6.07, 6.45) is 1.00. The number of hydrogen-bond donors (Lipinski definition) is 2. The van der Waals surface area contributed by atoms with Crippen molar-refractivity contribution in [2.45, 2.75) is 54.2 Å². The zero-order valence-corrected chi connectivity index (χ0v) is 15.6. The van der Waals surface area contributed by atoms with Crippen molar-refractivity contribution >= 4 is 12.0 Å². The predicted octanol–water partition coefficient (Wildman–Crippen LogP) is 2.80. The van der Waals surface area contributed by atoms with E-state index in [1.807, 2.05) is 39.8 Å². The Bertz CT molecular complexity index is 648. The maximum absolute atomic E-state index is 12.2. The Morgan fingerprint density at radius 2 is 2.00 bits per heavy atom. The number of amides is 1. The zero-order chi connectivity index (χ0) is 18.4. The molecule has 0 radical (unpaired) electrons. The highest BCUT2D eigenvalue weighted by molar-refractivity contribution is 6.01. The van der Waals surface area contributed by atoms with Crippen molar-refractivity contribution in [3.8, 4) is 6.07 Å². The lowest BCUT2D eigenvalue weighted by Gasteiger charge is -2.14. The molecule has 1 unspecified atom stereocenters. The fraction of sp³-hybridized carbons (Fsp3) is 0.579. The maximum Gasteiger partial charge on any atom is 0.262 e. The third kappa shape index (κ3) is 5.24. The Hall–Kier alpha value is -2.06. The SMILES string of the molecule is Cc1cc(/C=C(/C#N)C(=O)NCC(O)C(C)C)c(C)n1CC(C)C. The van der Waals surface area contributed by atoms with E-state index in [0.29, 0.717) is 5.92 Å². The van der Waals surface area contributed by atoms with Gasteiger partial charge in [0, 0.05) is 24.5 Å². The first-order chi connectivity index (χ1) is 11.2. The van der Waals surface area contributed by atoms with Crippen LogP contribution in [0.15, 0.2) is 11.6 Å². The van der Waals surface area contributed by atoms with Gasteiger partial charge in [0.15, 0.2) is 0 Å². The molecule has 132 valence electrons. The molecule has 0 aliphatic carbocycles. The molecule has 0 spiro atoms. The van der Waals surface area contributed by atoms with Crippen LogP contribution in [0.25, 0.3) is 6.08 Å². The zero-order valence-electron chi connectivity index (χ0n) is 15.6. The molecule has 0 fully saturated rings. The minimum absolute atomic E-state index is 0.0507. The number of aliphatic hydroxyl groups is 1. The first-order valence-electron chi connectivity index (χ1n) is 8.42. The summed E-state index contributed by atoms with van der Waals surface area (Å²) in [5, 5.41) is 21.7. The van der Waals surface area contributed by atoms with Crippen molar-refractivity contribution in [3.63, 3.8) is 0 Å². The topological polar surface area (TPSA) is 78.1 Å². The molecule has 0 bridgehead atoms. The second kappa shape index (κ2) is 8.70. The van der Waals surface area contributed by atoms with Crippen LogP contribution in [-0.4, -0.2) is 28.2 Å². The van der Waals surface area contributed by atoms with E-state index in [1.165, 1.54) is 0 Å². The molecule has 0 saturated carbocycles. The van der Waals surface area contributed by atoms with Crippen LogP contribution in [-0.2, 0) is 11.3 Å². The second-order valence-corrected chi connectivity index (χ2v) is 7.02. The molecule has 1 amide bonds. The van der Waals surface area contributed by atoms with Crippen LogP contribution in [0.1, 0.15) is 44.6 Å². The lowest BCUT2D eigenvalue weighted by atomic mass is 10.1. The van der Waals surface area contributed by atoms with Gasteiger partial charge in [-0.05, 0) is 43.4 Å². The lowest BCUT2D eigenvalue weighted by Crippen LogP contribution is -2.35. The molecule has 5 heteroatoms. The van der Waals surface area contributed by atoms with Gasteiger partial charge in [-0.15, -0.1) is 0 Å². The molecule has 1 aromatic rings. The number of aryl methyl sites for hydroxylation is 1. The van der Waals surface area contributed by atoms with Crippen LogP contribution >= 0.6 is 0 Å². The number of aromatic nitrogens is 1. The van der Waals surface area contributed by atoms with Crippen LogP contribution in [0.2, 0.25) is 0 Å². The number of nitrogens with one attached hydrogen (secondary N) is 1. The second-order valence-electron chi connectivity index (χ2n) is 7.02. The molecule has 0 aliphatic heterocycles. The van der Waals surface area contributed by atoms with E-state index in [1.54, 1.807) is 6.08 Å². The van der Waals surface area contributed by atoms with Crippen molar-refractivity contribution in [1.82, 2.24) is 9.88 Å². The summed E-state index contributed by atoms with van der Waals surface area (Å²) < 4.78 is 2.20. The number of carbonyl (C=O) groups is 1.